The Bertz CT molecular complexity index is 646. The molecule has 0 aromatic heterocycles. The van der Waals surface area contributed by atoms with Crippen LogP contribution in [0, 0.1) is 5.92 Å². The smallest absolute Gasteiger partial charge is 0.225 e. The zero-order valence-electron chi connectivity index (χ0n) is 17.7. The third kappa shape index (κ3) is 7.03. The number of guanidine groups is 1. The van der Waals surface area contributed by atoms with Crippen LogP contribution in [0.4, 0.5) is 0 Å². The number of hydrogen-bond acceptors (Lipinski definition) is 4. The van der Waals surface area contributed by atoms with Crippen molar-refractivity contribution in [3.05, 3.63) is 0 Å². The minimum Gasteiger partial charge on any atom is -0.357 e. The van der Waals surface area contributed by atoms with Gasteiger partial charge in [0.1, 0.15) is 0 Å². The highest BCUT2D eigenvalue weighted by Gasteiger charge is 2.33. The van der Waals surface area contributed by atoms with E-state index in [-0.39, 0.29) is 42.5 Å². The first-order chi connectivity index (χ1) is 12.6. The molecule has 0 spiro atoms. The highest BCUT2D eigenvalue weighted by atomic mass is 127. The van der Waals surface area contributed by atoms with Crippen molar-refractivity contribution in [2.45, 2.75) is 70.1 Å². The molecular formula is C19H37IN4O3S. The Morgan fingerprint density at radius 1 is 1.18 bits per heavy atom. The second-order valence-corrected chi connectivity index (χ2v) is 11.1. The Hall–Kier alpha value is -0.580. The van der Waals surface area contributed by atoms with Crippen molar-refractivity contribution >= 4 is 45.7 Å². The molecule has 2 aliphatic rings. The van der Waals surface area contributed by atoms with Gasteiger partial charge in [-0.25, -0.2) is 8.42 Å². The van der Waals surface area contributed by atoms with Crippen LogP contribution < -0.4 is 10.6 Å². The molecule has 0 aromatic rings. The fourth-order valence-electron chi connectivity index (χ4n) is 3.59. The maximum Gasteiger partial charge on any atom is 0.225 e. The monoisotopic (exact) mass is 528 g/mol. The topological polar surface area (TPSA) is 90.9 Å². The second kappa shape index (κ2) is 11.0. The van der Waals surface area contributed by atoms with E-state index in [9.17, 15) is 13.2 Å². The summed E-state index contributed by atoms with van der Waals surface area (Å²) in [6.07, 6.45) is 7.77. The minimum atomic E-state index is -3.19. The predicted molar refractivity (Wildman–Crippen MR) is 125 cm³/mol. The summed E-state index contributed by atoms with van der Waals surface area (Å²) in [6, 6.07) is 0.150. The molecule has 1 saturated heterocycles. The fraction of sp³-hybridized carbons (Fsp3) is 0.895. The van der Waals surface area contributed by atoms with Gasteiger partial charge in [0.25, 0.3) is 0 Å². The molecule has 164 valence electrons. The van der Waals surface area contributed by atoms with Crippen LogP contribution in [0.3, 0.4) is 0 Å². The lowest BCUT2D eigenvalue weighted by Crippen LogP contribution is -2.46. The maximum atomic E-state index is 12.7. The molecule has 1 aliphatic heterocycles. The number of aliphatic imine (C=N–C) groups is 1. The molecule has 0 radical (unpaired) electrons. The van der Waals surface area contributed by atoms with Gasteiger partial charge in [0.15, 0.2) is 15.8 Å². The van der Waals surface area contributed by atoms with E-state index in [2.05, 4.69) is 15.6 Å². The molecule has 1 unspecified atom stereocenters. The molecule has 0 aromatic carbocycles. The molecule has 1 amide bonds. The van der Waals surface area contributed by atoms with Gasteiger partial charge in [-0.2, -0.15) is 0 Å². The number of sulfone groups is 1. The first-order valence-corrected chi connectivity index (χ1v) is 12.1. The van der Waals surface area contributed by atoms with Gasteiger partial charge < -0.3 is 15.5 Å². The van der Waals surface area contributed by atoms with Crippen molar-refractivity contribution in [1.82, 2.24) is 15.5 Å². The Morgan fingerprint density at radius 3 is 2.39 bits per heavy atom. The molecule has 2 N–H and O–H groups in total. The Labute approximate surface area is 187 Å². The Balaban J connectivity index is 0.00000392. The van der Waals surface area contributed by atoms with E-state index in [1.807, 2.05) is 11.8 Å². The van der Waals surface area contributed by atoms with Crippen LogP contribution in [-0.4, -0.2) is 68.4 Å². The van der Waals surface area contributed by atoms with E-state index in [4.69, 9.17) is 0 Å². The van der Waals surface area contributed by atoms with Crippen LogP contribution in [-0.2, 0) is 14.6 Å². The van der Waals surface area contributed by atoms with Crippen LogP contribution >= 0.6 is 24.0 Å². The normalized spacial score (nSPS) is 21.9. The summed E-state index contributed by atoms with van der Waals surface area (Å²) in [5.74, 6) is 1.13. The van der Waals surface area contributed by atoms with E-state index in [0.717, 1.165) is 25.8 Å². The summed E-state index contributed by atoms with van der Waals surface area (Å²) in [7, 11) is -3.19. The predicted octanol–water partition coefficient (Wildman–Crippen LogP) is 2.16. The Morgan fingerprint density at radius 2 is 1.82 bits per heavy atom. The van der Waals surface area contributed by atoms with Gasteiger partial charge in [0, 0.05) is 37.8 Å². The first-order valence-electron chi connectivity index (χ1n) is 10.2. The lowest BCUT2D eigenvalue weighted by Gasteiger charge is -2.26. The number of carbonyl (C=O) groups excluding carboxylic acids is 1. The second-order valence-electron chi connectivity index (χ2n) is 8.48. The average molecular weight is 529 g/mol. The van der Waals surface area contributed by atoms with Gasteiger partial charge in [0.2, 0.25) is 5.91 Å². The molecule has 28 heavy (non-hydrogen) atoms. The molecule has 1 heterocycles. The van der Waals surface area contributed by atoms with Crippen LogP contribution in [0.2, 0.25) is 0 Å². The van der Waals surface area contributed by atoms with Crippen molar-refractivity contribution in [3.8, 4) is 0 Å². The molecule has 7 nitrogen and oxygen atoms in total. The van der Waals surface area contributed by atoms with Crippen molar-refractivity contribution < 1.29 is 13.2 Å². The van der Waals surface area contributed by atoms with Gasteiger partial charge in [-0.05, 0) is 40.0 Å². The molecule has 1 saturated carbocycles. The fourth-order valence-corrected chi connectivity index (χ4v) is 3.89. The van der Waals surface area contributed by atoms with Gasteiger partial charge in [-0.15, -0.1) is 24.0 Å². The number of rotatable bonds is 6. The van der Waals surface area contributed by atoms with E-state index in [1.54, 1.807) is 13.8 Å². The number of nitrogens with one attached hydrogen (secondary N) is 2. The zero-order valence-corrected chi connectivity index (χ0v) is 20.8. The highest BCUT2D eigenvalue weighted by Crippen LogP contribution is 2.26. The standard InChI is InChI=1S/C19H36N4O3S.HI/c1-5-20-18(21-14-19(2,3)27(4,25)26)22-16-11-12-23(13-16)17(24)15-9-7-6-8-10-15;/h15-16H,5-14H2,1-4H3,(H2,20,21,22);1H. The Kier molecular flexibility index (Phi) is 9.99. The van der Waals surface area contributed by atoms with Gasteiger partial charge in [0.05, 0.1) is 11.3 Å². The first kappa shape index (κ1) is 25.5. The van der Waals surface area contributed by atoms with E-state index >= 15 is 0 Å². The number of carbonyl (C=O) groups is 1. The minimum absolute atomic E-state index is 0. The van der Waals surface area contributed by atoms with Gasteiger partial charge >= 0.3 is 0 Å². The van der Waals surface area contributed by atoms with Gasteiger partial charge in [-0.1, -0.05) is 19.3 Å². The summed E-state index contributed by atoms with van der Waals surface area (Å²) in [4.78, 5) is 19.2. The van der Waals surface area contributed by atoms with Gasteiger partial charge in [-0.3, -0.25) is 9.79 Å². The molecular weight excluding hydrogens is 491 g/mol. The number of amides is 1. The molecule has 2 fully saturated rings. The molecule has 9 heteroatoms. The summed E-state index contributed by atoms with van der Waals surface area (Å²) >= 11 is 0. The van der Waals surface area contributed by atoms with Crippen LogP contribution in [0.15, 0.2) is 4.99 Å². The van der Waals surface area contributed by atoms with Crippen LogP contribution in [0.1, 0.15) is 59.3 Å². The SMILES string of the molecule is CCNC(=NCC(C)(C)S(C)(=O)=O)NC1CCN(C(=O)C2CCCCC2)C1.I. The molecule has 1 aliphatic carbocycles. The summed E-state index contributed by atoms with van der Waals surface area (Å²) in [6.45, 7) is 7.72. The van der Waals surface area contributed by atoms with Crippen molar-refractivity contribution in [2.24, 2.45) is 10.9 Å². The lowest BCUT2D eigenvalue weighted by molar-refractivity contribution is -0.135. The molecule has 0 bridgehead atoms. The number of hydrogen-bond donors (Lipinski definition) is 2. The van der Waals surface area contributed by atoms with Crippen molar-refractivity contribution in [2.75, 3.05) is 32.4 Å². The summed E-state index contributed by atoms with van der Waals surface area (Å²) < 4.78 is 22.9. The van der Waals surface area contributed by atoms with E-state index < -0.39 is 14.6 Å². The third-order valence-corrected chi connectivity index (χ3v) is 7.90. The third-order valence-electron chi connectivity index (χ3n) is 5.76. The summed E-state index contributed by atoms with van der Waals surface area (Å²) in [5.41, 5.74) is 0. The summed E-state index contributed by atoms with van der Waals surface area (Å²) in [5, 5.41) is 6.56. The maximum absolute atomic E-state index is 12.7. The highest BCUT2D eigenvalue weighted by molar-refractivity contribution is 14.0. The van der Waals surface area contributed by atoms with Crippen molar-refractivity contribution in [3.63, 3.8) is 0 Å². The van der Waals surface area contributed by atoms with E-state index in [0.29, 0.717) is 25.0 Å². The van der Waals surface area contributed by atoms with Crippen molar-refractivity contribution in [1.29, 1.82) is 0 Å². The van der Waals surface area contributed by atoms with E-state index in [1.165, 1.54) is 25.5 Å². The zero-order chi connectivity index (χ0) is 20.1. The van der Waals surface area contributed by atoms with Crippen LogP contribution in [0.25, 0.3) is 0 Å². The quantitative estimate of drug-likeness (QED) is 0.313. The largest absolute Gasteiger partial charge is 0.357 e. The molecule has 2 rings (SSSR count). The molecule has 1 atom stereocenters. The van der Waals surface area contributed by atoms with Crippen LogP contribution in [0.5, 0.6) is 0 Å². The lowest BCUT2D eigenvalue weighted by atomic mass is 9.88. The average Bonchev–Trinajstić information content (AvgIpc) is 3.07. The number of nitrogens with zero attached hydrogens (tertiary/aromatic N) is 2. The number of likely N-dealkylation sites (tertiary alicyclic amines) is 1. The number of halogens is 1.